The lowest BCUT2D eigenvalue weighted by molar-refractivity contribution is -0.115. The topological polar surface area (TPSA) is 46.9 Å². The Morgan fingerprint density at radius 1 is 1.50 bits per heavy atom. The van der Waals surface area contributed by atoms with Crippen LogP contribution in [0.1, 0.15) is 46.6 Å². The SMILES string of the molecule is CCCCSC(C)C(=O)Nc1ccnn1C(C)C. The van der Waals surface area contributed by atoms with Crippen LogP contribution < -0.4 is 5.32 Å². The molecule has 0 saturated heterocycles. The van der Waals surface area contributed by atoms with Crippen molar-refractivity contribution in [1.29, 1.82) is 0 Å². The van der Waals surface area contributed by atoms with Crippen molar-refractivity contribution >= 4 is 23.5 Å². The number of carbonyl (C=O) groups is 1. The van der Waals surface area contributed by atoms with Gasteiger partial charge in [0.15, 0.2) is 0 Å². The molecule has 0 radical (unpaired) electrons. The van der Waals surface area contributed by atoms with Gasteiger partial charge in [-0.25, -0.2) is 4.68 Å². The summed E-state index contributed by atoms with van der Waals surface area (Å²) in [6, 6.07) is 2.08. The van der Waals surface area contributed by atoms with E-state index in [1.165, 1.54) is 6.42 Å². The first-order valence-electron chi connectivity index (χ1n) is 6.52. The summed E-state index contributed by atoms with van der Waals surface area (Å²) in [6.45, 7) is 8.20. The van der Waals surface area contributed by atoms with E-state index in [2.05, 4.69) is 17.3 Å². The maximum absolute atomic E-state index is 12.0. The van der Waals surface area contributed by atoms with Gasteiger partial charge in [0.2, 0.25) is 5.91 Å². The van der Waals surface area contributed by atoms with Crippen LogP contribution in [0.5, 0.6) is 0 Å². The molecule has 0 aliphatic heterocycles. The Morgan fingerprint density at radius 2 is 2.22 bits per heavy atom. The molecule has 102 valence electrons. The van der Waals surface area contributed by atoms with Gasteiger partial charge in [0.25, 0.3) is 0 Å². The standard InChI is InChI=1S/C13H23N3OS/c1-5-6-9-18-11(4)13(17)15-12-7-8-14-16(12)10(2)3/h7-8,10-11H,5-6,9H2,1-4H3,(H,15,17). The van der Waals surface area contributed by atoms with Gasteiger partial charge < -0.3 is 5.32 Å². The number of nitrogens with one attached hydrogen (secondary N) is 1. The maximum Gasteiger partial charge on any atom is 0.238 e. The first kappa shape index (κ1) is 15.1. The van der Waals surface area contributed by atoms with Crippen molar-refractivity contribution in [3.8, 4) is 0 Å². The molecule has 1 atom stereocenters. The fourth-order valence-corrected chi connectivity index (χ4v) is 2.55. The van der Waals surface area contributed by atoms with E-state index in [-0.39, 0.29) is 17.2 Å². The molecule has 0 aromatic carbocycles. The molecule has 0 aliphatic rings. The van der Waals surface area contributed by atoms with Crippen molar-refractivity contribution in [2.75, 3.05) is 11.1 Å². The molecular formula is C13H23N3OS. The zero-order chi connectivity index (χ0) is 13.5. The molecule has 1 unspecified atom stereocenters. The quantitative estimate of drug-likeness (QED) is 0.772. The summed E-state index contributed by atoms with van der Waals surface area (Å²) in [4.78, 5) is 12.0. The van der Waals surface area contributed by atoms with Crippen LogP contribution >= 0.6 is 11.8 Å². The molecule has 1 amide bonds. The summed E-state index contributed by atoms with van der Waals surface area (Å²) in [5.41, 5.74) is 0. The van der Waals surface area contributed by atoms with Crippen LogP contribution in [0.3, 0.4) is 0 Å². The third kappa shape index (κ3) is 4.37. The van der Waals surface area contributed by atoms with Crippen LogP contribution in [-0.2, 0) is 4.79 Å². The Bertz CT molecular complexity index is 376. The Hall–Kier alpha value is -0.970. The van der Waals surface area contributed by atoms with Crippen LogP contribution in [0.15, 0.2) is 12.3 Å². The summed E-state index contributed by atoms with van der Waals surface area (Å²) >= 11 is 1.70. The average molecular weight is 269 g/mol. The van der Waals surface area contributed by atoms with Gasteiger partial charge in [0, 0.05) is 12.1 Å². The summed E-state index contributed by atoms with van der Waals surface area (Å²) in [5.74, 6) is 1.87. The molecule has 5 heteroatoms. The predicted molar refractivity (Wildman–Crippen MR) is 78.1 cm³/mol. The van der Waals surface area contributed by atoms with Gasteiger partial charge in [0.05, 0.1) is 11.4 Å². The second-order valence-corrected chi connectivity index (χ2v) is 6.06. The highest BCUT2D eigenvalue weighted by Gasteiger charge is 2.15. The smallest absolute Gasteiger partial charge is 0.238 e. The molecule has 1 heterocycles. The lowest BCUT2D eigenvalue weighted by Gasteiger charge is -2.14. The van der Waals surface area contributed by atoms with Crippen LogP contribution in [0.25, 0.3) is 0 Å². The Kier molecular flexibility index (Phi) is 6.25. The van der Waals surface area contributed by atoms with Gasteiger partial charge in [-0.1, -0.05) is 13.3 Å². The molecule has 0 spiro atoms. The van der Waals surface area contributed by atoms with Gasteiger partial charge in [-0.15, -0.1) is 11.8 Å². The van der Waals surface area contributed by atoms with E-state index in [0.717, 1.165) is 18.0 Å². The van der Waals surface area contributed by atoms with E-state index in [1.807, 2.05) is 31.5 Å². The van der Waals surface area contributed by atoms with Crippen molar-refractivity contribution in [2.24, 2.45) is 0 Å². The first-order valence-corrected chi connectivity index (χ1v) is 7.57. The van der Waals surface area contributed by atoms with Crippen molar-refractivity contribution in [2.45, 2.75) is 51.8 Å². The van der Waals surface area contributed by atoms with Gasteiger partial charge in [0.1, 0.15) is 5.82 Å². The lowest BCUT2D eigenvalue weighted by Crippen LogP contribution is -2.24. The molecule has 0 bridgehead atoms. The highest BCUT2D eigenvalue weighted by Crippen LogP contribution is 2.17. The van der Waals surface area contributed by atoms with E-state index in [0.29, 0.717) is 0 Å². The van der Waals surface area contributed by atoms with Gasteiger partial charge in [-0.3, -0.25) is 4.79 Å². The van der Waals surface area contributed by atoms with Crippen molar-refractivity contribution in [3.05, 3.63) is 12.3 Å². The number of amides is 1. The fraction of sp³-hybridized carbons (Fsp3) is 0.692. The number of nitrogens with zero attached hydrogens (tertiary/aromatic N) is 2. The molecule has 18 heavy (non-hydrogen) atoms. The molecule has 0 fully saturated rings. The van der Waals surface area contributed by atoms with Crippen molar-refractivity contribution in [3.63, 3.8) is 0 Å². The third-order valence-electron chi connectivity index (χ3n) is 2.65. The molecule has 0 aliphatic carbocycles. The van der Waals surface area contributed by atoms with Gasteiger partial charge in [-0.05, 0) is 32.9 Å². The Morgan fingerprint density at radius 3 is 2.83 bits per heavy atom. The largest absolute Gasteiger partial charge is 0.310 e. The van der Waals surface area contributed by atoms with Crippen LogP contribution in [0, 0.1) is 0 Å². The predicted octanol–water partition coefficient (Wildman–Crippen LogP) is 3.32. The number of hydrogen-bond acceptors (Lipinski definition) is 3. The van der Waals surface area contributed by atoms with Crippen LogP contribution in [-0.4, -0.2) is 26.7 Å². The van der Waals surface area contributed by atoms with Crippen LogP contribution in [0.4, 0.5) is 5.82 Å². The molecule has 1 rings (SSSR count). The summed E-state index contributed by atoms with van der Waals surface area (Å²) in [7, 11) is 0. The number of unbranched alkanes of at least 4 members (excludes halogenated alkanes) is 1. The zero-order valence-corrected chi connectivity index (χ0v) is 12.5. The monoisotopic (exact) mass is 269 g/mol. The molecular weight excluding hydrogens is 246 g/mol. The number of anilines is 1. The zero-order valence-electron chi connectivity index (χ0n) is 11.6. The third-order valence-corrected chi connectivity index (χ3v) is 3.88. The van der Waals surface area contributed by atoms with Crippen LogP contribution in [0.2, 0.25) is 0 Å². The summed E-state index contributed by atoms with van der Waals surface area (Å²) in [5, 5.41) is 7.12. The number of aromatic nitrogens is 2. The number of hydrogen-bond donors (Lipinski definition) is 1. The molecule has 1 aromatic rings. The number of rotatable bonds is 7. The minimum Gasteiger partial charge on any atom is -0.310 e. The van der Waals surface area contributed by atoms with E-state index in [4.69, 9.17) is 0 Å². The highest BCUT2D eigenvalue weighted by molar-refractivity contribution is 8.00. The number of carbonyl (C=O) groups excluding carboxylic acids is 1. The van der Waals surface area contributed by atoms with E-state index < -0.39 is 0 Å². The molecule has 1 aromatic heterocycles. The first-order chi connectivity index (χ1) is 8.56. The second-order valence-electron chi connectivity index (χ2n) is 4.61. The minimum atomic E-state index is -0.0212. The van der Waals surface area contributed by atoms with E-state index in [9.17, 15) is 4.79 Å². The molecule has 4 nitrogen and oxygen atoms in total. The van der Waals surface area contributed by atoms with E-state index >= 15 is 0 Å². The highest BCUT2D eigenvalue weighted by atomic mass is 32.2. The normalized spacial score (nSPS) is 12.7. The maximum atomic E-state index is 12.0. The van der Waals surface area contributed by atoms with E-state index in [1.54, 1.807) is 18.0 Å². The Balaban J connectivity index is 2.50. The number of thioether (sulfide) groups is 1. The van der Waals surface area contributed by atoms with Crippen molar-refractivity contribution < 1.29 is 4.79 Å². The summed E-state index contributed by atoms with van der Waals surface area (Å²) in [6.07, 6.45) is 4.04. The average Bonchev–Trinajstić information content (AvgIpc) is 2.77. The molecule has 0 saturated carbocycles. The van der Waals surface area contributed by atoms with Gasteiger partial charge in [-0.2, -0.15) is 5.10 Å². The fourth-order valence-electron chi connectivity index (χ4n) is 1.53. The van der Waals surface area contributed by atoms with Gasteiger partial charge >= 0.3 is 0 Å². The second kappa shape index (κ2) is 7.46. The minimum absolute atomic E-state index is 0.0212. The van der Waals surface area contributed by atoms with Crippen molar-refractivity contribution in [1.82, 2.24) is 9.78 Å². The lowest BCUT2D eigenvalue weighted by atomic mass is 10.4. The Labute approximate surface area is 114 Å². The summed E-state index contributed by atoms with van der Waals surface area (Å²) < 4.78 is 1.82. The molecule has 1 N–H and O–H groups in total.